The van der Waals surface area contributed by atoms with E-state index < -0.39 is 10.8 Å². The van der Waals surface area contributed by atoms with Crippen LogP contribution in [-0.4, -0.2) is 36.4 Å². The molecule has 0 aliphatic rings. The lowest BCUT2D eigenvalue weighted by Crippen LogP contribution is -2.17. The van der Waals surface area contributed by atoms with Crippen LogP contribution in [0.15, 0.2) is 39.9 Å². The molecule has 9 nitrogen and oxygen atoms in total. The second kappa shape index (κ2) is 8.30. The van der Waals surface area contributed by atoms with E-state index in [9.17, 15) is 20.0 Å². The largest absolute Gasteiger partial charge is 0.507 e. The van der Waals surface area contributed by atoms with Gasteiger partial charge in [0.25, 0.3) is 11.6 Å². The third kappa shape index (κ3) is 4.28. The highest BCUT2D eigenvalue weighted by atomic mass is 79.9. The lowest BCUT2D eigenvalue weighted by molar-refractivity contribution is -0.385. The van der Waals surface area contributed by atoms with Gasteiger partial charge in [-0.15, -0.1) is 0 Å². The summed E-state index contributed by atoms with van der Waals surface area (Å²) in [6.07, 6.45) is 1.10. The maximum atomic E-state index is 12.1. The molecule has 0 atom stereocenters. The predicted molar refractivity (Wildman–Crippen MR) is 97.1 cm³/mol. The van der Waals surface area contributed by atoms with Gasteiger partial charge in [0.05, 0.1) is 42.6 Å². The topological polar surface area (TPSA) is 123 Å². The summed E-state index contributed by atoms with van der Waals surface area (Å²) in [7, 11) is 2.75. The number of carbonyl (C=O) groups is 1. The van der Waals surface area contributed by atoms with Crippen molar-refractivity contribution in [2.75, 3.05) is 14.2 Å². The number of hydrogen-bond acceptors (Lipinski definition) is 7. The molecule has 0 spiro atoms. The number of rotatable bonds is 6. The predicted octanol–water partition coefficient (Wildman–Crippen LogP) is 2.84. The van der Waals surface area contributed by atoms with E-state index in [1.807, 2.05) is 0 Å². The van der Waals surface area contributed by atoms with Crippen LogP contribution >= 0.6 is 15.9 Å². The number of amides is 1. The minimum atomic E-state index is -0.678. The Bertz CT molecular complexity index is 885. The number of methoxy groups -OCH3 is 2. The van der Waals surface area contributed by atoms with Gasteiger partial charge in [-0.25, -0.2) is 5.43 Å². The number of carbonyl (C=O) groups excluding carboxylic acids is 1. The quantitative estimate of drug-likeness (QED) is 0.418. The SMILES string of the molecule is COc1cc(/C=N\NC(=O)c2cc(Br)ccc2O)c([N+](=O)[O-])cc1OC. The number of halogens is 1. The number of ether oxygens (including phenoxy) is 2. The summed E-state index contributed by atoms with van der Waals surface area (Å²) in [4.78, 5) is 22.7. The van der Waals surface area contributed by atoms with Crippen LogP contribution < -0.4 is 14.9 Å². The number of phenols is 1. The van der Waals surface area contributed by atoms with Crippen LogP contribution in [0.4, 0.5) is 5.69 Å². The second-order valence-electron chi connectivity index (χ2n) is 4.88. The van der Waals surface area contributed by atoms with Crippen LogP contribution in [0.5, 0.6) is 17.2 Å². The zero-order valence-electron chi connectivity index (χ0n) is 13.7. The molecule has 0 aromatic heterocycles. The molecule has 26 heavy (non-hydrogen) atoms. The Morgan fingerprint density at radius 2 is 1.92 bits per heavy atom. The fraction of sp³-hybridized carbons (Fsp3) is 0.125. The highest BCUT2D eigenvalue weighted by molar-refractivity contribution is 9.10. The Labute approximate surface area is 156 Å². The van der Waals surface area contributed by atoms with E-state index in [0.29, 0.717) is 4.47 Å². The normalized spacial score (nSPS) is 10.6. The molecule has 0 saturated heterocycles. The summed E-state index contributed by atoms with van der Waals surface area (Å²) in [5.74, 6) is -0.434. The van der Waals surface area contributed by atoms with Gasteiger partial charge in [-0.05, 0) is 24.3 Å². The molecule has 0 heterocycles. The van der Waals surface area contributed by atoms with Crippen molar-refractivity contribution < 1.29 is 24.3 Å². The number of hydrogen-bond donors (Lipinski definition) is 2. The first-order valence-electron chi connectivity index (χ1n) is 7.09. The van der Waals surface area contributed by atoms with Gasteiger partial charge in [0.15, 0.2) is 11.5 Å². The third-order valence-corrected chi connectivity index (χ3v) is 3.80. The van der Waals surface area contributed by atoms with Crippen molar-refractivity contribution in [1.29, 1.82) is 0 Å². The molecule has 2 rings (SSSR count). The van der Waals surface area contributed by atoms with Gasteiger partial charge in [0.2, 0.25) is 0 Å². The van der Waals surface area contributed by atoms with E-state index in [0.717, 1.165) is 6.21 Å². The monoisotopic (exact) mass is 423 g/mol. The lowest BCUT2D eigenvalue weighted by Gasteiger charge is -2.08. The highest BCUT2D eigenvalue weighted by Crippen LogP contribution is 2.33. The summed E-state index contributed by atoms with van der Waals surface area (Å²) < 4.78 is 10.7. The minimum absolute atomic E-state index is 0.00154. The van der Waals surface area contributed by atoms with Gasteiger partial charge < -0.3 is 14.6 Å². The average molecular weight is 424 g/mol. The first-order chi connectivity index (χ1) is 12.4. The molecule has 0 fully saturated rings. The number of nitrogens with one attached hydrogen (secondary N) is 1. The molecule has 2 N–H and O–H groups in total. The summed E-state index contributed by atoms with van der Waals surface area (Å²) in [6, 6.07) is 6.90. The molecule has 2 aromatic rings. The van der Waals surface area contributed by atoms with Crippen LogP contribution in [0.3, 0.4) is 0 Å². The summed E-state index contributed by atoms with van der Waals surface area (Å²) in [6.45, 7) is 0. The van der Waals surface area contributed by atoms with Gasteiger partial charge in [0.1, 0.15) is 5.75 Å². The Morgan fingerprint density at radius 1 is 1.27 bits per heavy atom. The van der Waals surface area contributed by atoms with Crippen LogP contribution in [0.25, 0.3) is 0 Å². The van der Waals surface area contributed by atoms with Crippen molar-refractivity contribution in [3.8, 4) is 17.2 Å². The number of phenolic OH excluding ortho intramolecular Hbond substituents is 1. The van der Waals surface area contributed by atoms with Gasteiger partial charge in [-0.3, -0.25) is 14.9 Å². The molecular formula is C16H14BrN3O6. The molecule has 0 radical (unpaired) electrons. The molecule has 0 aliphatic carbocycles. The van der Waals surface area contributed by atoms with Crippen LogP contribution in [0, 0.1) is 10.1 Å². The number of benzene rings is 2. The molecule has 2 aromatic carbocycles. The average Bonchev–Trinajstić information content (AvgIpc) is 2.62. The Hall–Kier alpha value is -3.14. The fourth-order valence-electron chi connectivity index (χ4n) is 2.06. The first-order valence-corrected chi connectivity index (χ1v) is 7.89. The first kappa shape index (κ1) is 19.2. The van der Waals surface area contributed by atoms with Crippen molar-refractivity contribution in [3.05, 3.63) is 56.0 Å². The maximum absolute atomic E-state index is 12.1. The van der Waals surface area contributed by atoms with Gasteiger partial charge in [-0.2, -0.15) is 5.10 Å². The zero-order chi connectivity index (χ0) is 19.3. The molecule has 1 amide bonds. The fourth-order valence-corrected chi connectivity index (χ4v) is 2.42. The van der Waals surface area contributed by atoms with Crippen molar-refractivity contribution >= 4 is 33.7 Å². The number of nitrogens with zero attached hydrogens (tertiary/aromatic N) is 2. The van der Waals surface area contributed by atoms with Gasteiger partial charge in [-0.1, -0.05) is 15.9 Å². The Morgan fingerprint density at radius 3 is 2.54 bits per heavy atom. The number of nitro groups is 1. The number of hydrazone groups is 1. The van der Waals surface area contributed by atoms with Crippen molar-refractivity contribution in [2.45, 2.75) is 0 Å². The third-order valence-electron chi connectivity index (χ3n) is 3.30. The molecule has 0 unspecified atom stereocenters. The molecule has 136 valence electrons. The van der Waals surface area contributed by atoms with Crippen molar-refractivity contribution in [1.82, 2.24) is 5.43 Å². The smallest absolute Gasteiger partial charge is 0.282 e. The number of nitro benzene ring substituents is 1. The van der Waals surface area contributed by atoms with Crippen LogP contribution in [0.2, 0.25) is 0 Å². The van der Waals surface area contributed by atoms with Gasteiger partial charge >= 0.3 is 0 Å². The van der Waals surface area contributed by atoms with E-state index in [4.69, 9.17) is 9.47 Å². The van der Waals surface area contributed by atoms with Gasteiger partial charge in [0, 0.05) is 4.47 Å². The van der Waals surface area contributed by atoms with E-state index in [1.54, 1.807) is 6.07 Å². The highest BCUT2D eigenvalue weighted by Gasteiger charge is 2.18. The maximum Gasteiger partial charge on any atom is 0.282 e. The minimum Gasteiger partial charge on any atom is -0.507 e. The summed E-state index contributed by atoms with van der Waals surface area (Å²) in [5, 5.41) is 24.6. The molecule has 0 bridgehead atoms. The van der Waals surface area contributed by atoms with E-state index in [1.165, 1.54) is 38.5 Å². The summed E-state index contributed by atoms with van der Waals surface area (Å²) >= 11 is 3.19. The lowest BCUT2D eigenvalue weighted by atomic mass is 10.1. The van der Waals surface area contributed by atoms with E-state index >= 15 is 0 Å². The van der Waals surface area contributed by atoms with Crippen LogP contribution in [0.1, 0.15) is 15.9 Å². The Kier molecular flexibility index (Phi) is 6.12. The van der Waals surface area contributed by atoms with Crippen molar-refractivity contribution in [3.63, 3.8) is 0 Å². The van der Waals surface area contributed by atoms with E-state index in [-0.39, 0.29) is 34.1 Å². The summed E-state index contributed by atoms with van der Waals surface area (Å²) in [5.41, 5.74) is 2.03. The van der Waals surface area contributed by atoms with Crippen LogP contribution in [-0.2, 0) is 0 Å². The van der Waals surface area contributed by atoms with Crippen molar-refractivity contribution in [2.24, 2.45) is 5.10 Å². The molecule has 0 saturated carbocycles. The second-order valence-corrected chi connectivity index (χ2v) is 5.80. The van der Waals surface area contributed by atoms with E-state index in [2.05, 4.69) is 26.5 Å². The number of aromatic hydroxyl groups is 1. The molecular weight excluding hydrogens is 410 g/mol. The molecule has 0 aliphatic heterocycles. The molecule has 10 heteroatoms. The Balaban J connectivity index is 2.28. The zero-order valence-corrected chi connectivity index (χ0v) is 15.3. The standard InChI is InChI=1S/C16H14BrN3O6/c1-25-14-5-9(12(20(23)24)7-15(14)26-2)8-18-19-16(22)11-6-10(17)3-4-13(11)21/h3-8,21H,1-2H3,(H,19,22)/b18-8-.